The van der Waals surface area contributed by atoms with E-state index in [1.165, 1.54) is 12.1 Å². The third kappa shape index (κ3) is 8.11. The van der Waals surface area contributed by atoms with E-state index in [1.54, 1.807) is 54.3 Å². The van der Waals surface area contributed by atoms with Crippen LogP contribution < -0.4 is 14.8 Å². The predicted octanol–water partition coefficient (Wildman–Crippen LogP) is 4.45. The van der Waals surface area contributed by atoms with Crippen LogP contribution in [-0.2, 0) is 21.6 Å². The second kappa shape index (κ2) is 10.5. The lowest BCUT2D eigenvalue weighted by atomic mass is 10.1. The van der Waals surface area contributed by atoms with E-state index in [2.05, 4.69) is 10.4 Å². The number of carbonyl (C=O) groups excluding carboxylic acids is 1. The van der Waals surface area contributed by atoms with Crippen LogP contribution in [0.2, 0.25) is 0 Å². The van der Waals surface area contributed by atoms with Gasteiger partial charge in [0.05, 0.1) is 17.1 Å². The number of rotatable bonds is 9. The minimum Gasteiger partial charge on any atom is -0.488 e. The maximum atomic E-state index is 12.9. The van der Waals surface area contributed by atoms with Crippen LogP contribution in [0.4, 0.5) is 5.82 Å². The van der Waals surface area contributed by atoms with Crippen LogP contribution in [0.1, 0.15) is 38.1 Å². The predicted molar refractivity (Wildman–Crippen MR) is 133 cm³/mol. The van der Waals surface area contributed by atoms with E-state index >= 15 is 0 Å². The van der Waals surface area contributed by atoms with Crippen molar-refractivity contribution in [3.63, 3.8) is 0 Å². The van der Waals surface area contributed by atoms with Gasteiger partial charge in [-0.25, -0.2) is 8.42 Å². The van der Waals surface area contributed by atoms with Crippen molar-refractivity contribution in [2.24, 2.45) is 7.05 Å². The van der Waals surface area contributed by atoms with Crippen LogP contribution in [0.15, 0.2) is 59.6 Å². The Balaban J connectivity index is 1.85. The minimum absolute atomic E-state index is 0.185. The van der Waals surface area contributed by atoms with Crippen molar-refractivity contribution in [2.45, 2.75) is 44.3 Å². The van der Waals surface area contributed by atoms with Crippen molar-refractivity contribution >= 4 is 21.6 Å². The second-order valence-corrected chi connectivity index (χ2v) is 11.2. The van der Waals surface area contributed by atoms with Crippen LogP contribution in [-0.4, -0.2) is 48.7 Å². The number of sulfone groups is 1. The summed E-state index contributed by atoms with van der Waals surface area (Å²) in [6.45, 7) is 8.11. The molecule has 1 amide bonds. The number of carbonyl (C=O) groups is 1. The van der Waals surface area contributed by atoms with Gasteiger partial charge in [-0.1, -0.05) is 0 Å². The lowest BCUT2D eigenvalue weighted by Gasteiger charge is -2.23. The first-order valence-electron chi connectivity index (χ1n) is 11.0. The Labute approximate surface area is 205 Å². The van der Waals surface area contributed by atoms with Crippen LogP contribution in [0, 0.1) is 0 Å². The fraction of sp³-hybridized carbons (Fsp3) is 0.360. The molecule has 0 unspecified atom stereocenters. The highest BCUT2D eigenvalue weighted by molar-refractivity contribution is 7.90. The van der Waals surface area contributed by atoms with Gasteiger partial charge < -0.3 is 19.5 Å². The van der Waals surface area contributed by atoms with E-state index in [1.807, 2.05) is 27.7 Å². The Morgan fingerprint density at radius 3 is 2.29 bits per heavy atom. The molecule has 0 saturated heterocycles. The maximum Gasteiger partial charge on any atom is 0.257 e. The maximum absolute atomic E-state index is 12.9. The monoisotopic (exact) mass is 501 g/mol. The Morgan fingerprint density at radius 1 is 1.06 bits per heavy atom. The second-order valence-electron chi connectivity index (χ2n) is 9.22. The number of amides is 1. The normalized spacial score (nSPS) is 12.7. The molecule has 0 spiro atoms. The highest BCUT2D eigenvalue weighted by Gasteiger charge is 2.17. The van der Waals surface area contributed by atoms with Gasteiger partial charge in [-0.2, -0.15) is 5.10 Å². The number of hydrogen-bond donors (Lipinski definition) is 1. The molecule has 9 nitrogen and oxygen atoms in total. The Hall–Kier alpha value is -3.37. The standard InChI is InChI=1S/C25H31N3O6S/c1-17(16-32-25(2,3)4)33-20-13-18(24(29)26-23-11-12-28(5)27-23)14-21(15-20)34-19-7-9-22(10-8-19)35(6,30)31/h7-15,17H,16H2,1-6H3,(H,26,27,29)/t17-/m0/s1. The summed E-state index contributed by atoms with van der Waals surface area (Å²) in [6.07, 6.45) is 2.58. The van der Waals surface area contributed by atoms with Gasteiger partial charge in [0, 0.05) is 37.2 Å². The van der Waals surface area contributed by atoms with Gasteiger partial charge >= 0.3 is 0 Å². The van der Waals surface area contributed by atoms with Crippen molar-refractivity contribution in [3.8, 4) is 17.2 Å². The lowest BCUT2D eigenvalue weighted by molar-refractivity contribution is -0.0374. The minimum atomic E-state index is -3.32. The number of ether oxygens (including phenoxy) is 3. The van der Waals surface area contributed by atoms with E-state index in [0.717, 1.165) is 6.26 Å². The highest BCUT2D eigenvalue weighted by Crippen LogP contribution is 2.29. The summed E-state index contributed by atoms with van der Waals surface area (Å²) in [4.78, 5) is 13.1. The topological polar surface area (TPSA) is 109 Å². The smallest absolute Gasteiger partial charge is 0.257 e. The van der Waals surface area contributed by atoms with Crippen molar-refractivity contribution < 1.29 is 27.4 Å². The first kappa shape index (κ1) is 26.2. The van der Waals surface area contributed by atoms with Gasteiger partial charge in [-0.05, 0) is 64.1 Å². The molecule has 0 aliphatic heterocycles. The number of anilines is 1. The van der Waals surface area contributed by atoms with E-state index in [4.69, 9.17) is 14.2 Å². The molecule has 10 heteroatoms. The summed E-state index contributed by atoms with van der Waals surface area (Å²) < 4.78 is 42.7. The van der Waals surface area contributed by atoms with Crippen molar-refractivity contribution in [3.05, 3.63) is 60.3 Å². The first-order chi connectivity index (χ1) is 16.3. The fourth-order valence-electron chi connectivity index (χ4n) is 3.02. The summed E-state index contributed by atoms with van der Waals surface area (Å²) in [6, 6.07) is 12.6. The van der Waals surface area contributed by atoms with Gasteiger partial charge in [0.2, 0.25) is 0 Å². The zero-order chi connectivity index (χ0) is 25.8. The molecule has 0 aliphatic carbocycles. The number of nitrogens with one attached hydrogen (secondary N) is 1. The van der Waals surface area contributed by atoms with Gasteiger partial charge in [-0.3, -0.25) is 9.48 Å². The van der Waals surface area contributed by atoms with Crippen LogP contribution in [0.25, 0.3) is 0 Å². The molecule has 2 aromatic carbocycles. The molecule has 1 N–H and O–H groups in total. The average molecular weight is 502 g/mol. The van der Waals surface area contributed by atoms with Gasteiger partial charge in [0.15, 0.2) is 15.7 Å². The lowest BCUT2D eigenvalue weighted by Crippen LogP contribution is -2.27. The van der Waals surface area contributed by atoms with Crippen molar-refractivity contribution in [1.82, 2.24) is 9.78 Å². The molecule has 0 bridgehead atoms. The molecule has 0 radical (unpaired) electrons. The van der Waals surface area contributed by atoms with Gasteiger partial charge in [0.1, 0.15) is 23.4 Å². The summed E-state index contributed by atoms with van der Waals surface area (Å²) in [5.74, 6) is 1.21. The fourth-order valence-corrected chi connectivity index (χ4v) is 3.66. The number of benzene rings is 2. The number of hydrogen-bond acceptors (Lipinski definition) is 7. The third-order valence-corrected chi connectivity index (χ3v) is 5.80. The highest BCUT2D eigenvalue weighted by atomic mass is 32.2. The van der Waals surface area contributed by atoms with Gasteiger partial charge in [0.25, 0.3) is 5.91 Å². The van der Waals surface area contributed by atoms with Crippen molar-refractivity contribution in [1.29, 1.82) is 0 Å². The van der Waals surface area contributed by atoms with E-state index in [9.17, 15) is 13.2 Å². The molecule has 1 atom stereocenters. The molecular weight excluding hydrogens is 470 g/mol. The van der Waals surface area contributed by atoms with Crippen LogP contribution in [0.5, 0.6) is 17.2 Å². The SMILES string of the molecule is C[C@@H](COC(C)(C)C)Oc1cc(Oc2ccc(S(C)(=O)=O)cc2)cc(C(=O)Nc2ccn(C)n2)c1. The molecule has 1 heterocycles. The molecule has 0 aliphatic rings. The van der Waals surface area contributed by atoms with Crippen molar-refractivity contribution in [2.75, 3.05) is 18.2 Å². The molecule has 35 heavy (non-hydrogen) atoms. The average Bonchev–Trinajstić information content (AvgIpc) is 3.16. The number of nitrogens with zero attached hydrogens (tertiary/aromatic N) is 2. The molecule has 1 aromatic heterocycles. The van der Waals surface area contributed by atoms with E-state index in [0.29, 0.717) is 35.2 Å². The summed E-state index contributed by atoms with van der Waals surface area (Å²) >= 11 is 0. The number of aromatic nitrogens is 2. The molecule has 0 fully saturated rings. The Morgan fingerprint density at radius 2 is 1.71 bits per heavy atom. The zero-order valence-electron chi connectivity index (χ0n) is 20.7. The summed E-state index contributed by atoms with van der Waals surface area (Å²) in [5, 5.41) is 6.92. The largest absolute Gasteiger partial charge is 0.488 e. The Bertz CT molecular complexity index is 1280. The molecule has 3 rings (SSSR count). The zero-order valence-corrected chi connectivity index (χ0v) is 21.5. The van der Waals surface area contributed by atoms with E-state index < -0.39 is 9.84 Å². The first-order valence-corrected chi connectivity index (χ1v) is 12.9. The Kier molecular flexibility index (Phi) is 7.86. The summed E-state index contributed by atoms with van der Waals surface area (Å²) in [5.41, 5.74) is -0.00565. The quantitative estimate of drug-likeness (QED) is 0.461. The van der Waals surface area contributed by atoms with Crippen LogP contribution >= 0.6 is 0 Å². The number of aryl methyl sites for hydroxylation is 1. The molecule has 188 valence electrons. The molecular formula is C25H31N3O6S. The third-order valence-electron chi connectivity index (χ3n) is 4.67. The summed E-state index contributed by atoms with van der Waals surface area (Å²) in [7, 11) is -1.57. The van der Waals surface area contributed by atoms with Crippen LogP contribution in [0.3, 0.4) is 0 Å². The van der Waals surface area contributed by atoms with Gasteiger partial charge in [-0.15, -0.1) is 0 Å². The molecule has 0 saturated carbocycles. The van der Waals surface area contributed by atoms with E-state index in [-0.39, 0.29) is 22.5 Å². The molecule has 3 aromatic rings.